The van der Waals surface area contributed by atoms with Crippen LogP contribution in [0, 0.1) is 0 Å². The molecule has 2 rings (SSSR count). The fraction of sp³-hybridized carbons (Fsp3) is 0.286. The van der Waals surface area contributed by atoms with Crippen LogP contribution in [0.25, 0.3) is 0 Å². The molecule has 0 spiro atoms. The maximum absolute atomic E-state index is 6.20. The van der Waals surface area contributed by atoms with Crippen molar-refractivity contribution in [2.24, 2.45) is 5.73 Å². The molecule has 0 amide bonds. The molecule has 0 saturated heterocycles. The Balaban J connectivity index is 2.25. The highest BCUT2D eigenvalue weighted by molar-refractivity contribution is 5.31. The predicted octanol–water partition coefficient (Wildman–Crippen LogP) is 2.48. The average Bonchev–Trinajstić information content (AvgIpc) is 2.40. The molecule has 0 saturated carbocycles. The zero-order valence-corrected chi connectivity index (χ0v) is 10.0. The number of rotatable bonds is 4. The lowest BCUT2D eigenvalue weighted by Crippen LogP contribution is -2.12. The molecule has 17 heavy (non-hydrogen) atoms. The highest BCUT2D eigenvalue weighted by Gasteiger charge is 2.09. The van der Waals surface area contributed by atoms with Crippen molar-refractivity contribution < 1.29 is 0 Å². The molecule has 0 aliphatic rings. The molecule has 0 aliphatic carbocycles. The Hall–Kier alpha value is -1.74. The first kappa shape index (κ1) is 11.7. The van der Waals surface area contributed by atoms with E-state index in [0.29, 0.717) is 0 Å². The summed E-state index contributed by atoms with van der Waals surface area (Å²) >= 11 is 0. The van der Waals surface area contributed by atoms with Crippen LogP contribution in [0.15, 0.2) is 43.0 Å². The van der Waals surface area contributed by atoms with Gasteiger partial charge in [0.2, 0.25) is 0 Å². The predicted molar refractivity (Wildman–Crippen MR) is 68.5 cm³/mol. The molecule has 2 N–H and O–H groups in total. The van der Waals surface area contributed by atoms with Crippen molar-refractivity contribution in [3.63, 3.8) is 0 Å². The van der Waals surface area contributed by atoms with E-state index in [2.05, 4.69) is 41.2 Å². The molecule has 1 aromatic heterocycles. The van der Waals surface area contributed by atoms with Gasteiger partial charge in [0.05, 0.1) is 6.04 Å². The Morgan fingerprint density at radius 1 is 1.18 bits per heavy atom. The minimum Gasteiger partial charge on any atom is -0.320 e. The van der Waals surface area contributed by atoms with Gasteiger partial charge in [-0.05, 0) is 17.5 Å². The van der Waals surface area contributed by atoms with Gasteiger partial charge in [-0.25, -0.2) is 9.97 Å². The van der Waals surface area contributed by atoms with Crippen molar-refractivity contribution >= 4 is 0 Å². The van der Waals surface area contributed by atoms with Crippen molar-refractivity contribution in [2.75, 3.05) is 0 Å². The molecule has 1 unspecified atom stereocenters. The molecule has 2 aromatic rings. The summed E-state index contributed by atoms with van der Waals surface area (Å²) in [4.78, 5) is 8.00. The highest BCUT2D eigenvalue weighted by atomic mass is 14.8. The third-order valence-corrected chi connectivity index (χ3v) is 2.79. The van der Waals surface area contributed by atoms with Crippen LogP contribution in [0.5, 0.6) is 0 Å². The quantitative estimate of drug-likeness (QED) is 0.873. The van der Waals surface area contributed by atoms with Crippen LogP contribution < -0.4 is 5.73 Å². The van der Waals surface area contributed by atoms with Crippen LogP contribution in [0.3, 0.4) is 0 Å². The van der Waals surface area contributed by atoms with Crippen LogP contribution in [0.4, 0.5) is 0 Å². The van der Waals surface area contributed by atoms with E-state index >= 15 is 0 Å². The van der Waals surface area contributed by atoms with Gasteiger partial charge in [-0.2, -0.15) is 0 Å². The minimum atomic E-state index is -0.145. The summed E-state index contributed by atoms with van der Waals surface area (Å²) < 4.78 is 0. The third kappa shape index (κ3) is 2.88. The lowest BCUT2D eigenvalue weighted by atomic mass is 9.99. The van der Waals surface area contributed by atoms with Crippen LogP contribution >= 0.6 is 0 Å². The van der Waals surface area contributed by atoms with Gasteiger partial charge in [-0.3, -0.25) is 0 Å². The molecule has 3 heteroatoms. The van der Waals surface area contributed by atoms with Gasteiger partial charge in [-0.1, -0.05) is 37.6 Å². The summed E-state index contributed by atoms with van der Waals surface area (Å²) in [5.74, 6) is 0. The van der Waals surface area contributed by atoms with E-state index < -0.39 is 0 Å². The summed E-state index contributed by atoms with van der Waals surface area (Å²) in [7, 11) is 0. The molecule has 0 fully saturated rings. The average molecular weight is 227 g/mol. The smallest absolute Gasteiger partial charge is 0.115 e. The Labute approximate surface area is 102 Å². The van der Waals surface area contributed by atoms with Crippen molar-refractivity contribution in [3.8, 4) is 0 Å². The van der Waals surface area contributed by atoms with Crippen molar-refractivity contribution in [1.29, 1.82) is 0 Å². The maximum Gasteiger partial charge on any atom is 0.115 e. The Morgan fingerprint density at radius 3 is 2.65 bits per heavy atom. The summed E-state index contributed by atoms with van der Waals surface area (Å²) in [6.07, 6.45) is 7.29. The summed E-state index contributed by atoms with van der Waals surface area (Å²) in [6.45, 7) is 2.18. The largest absolute Gasteiger partial charge is 0.320 e. The van der Waals surface area contributed by atoms with Gasteiger partial charge in [0.25, 0.3) is 0 Å². The van der Waals surface area contributed by atoms with E-state index in [1.54, 1.807) is 12.4 Å². The third-order valence-electron chi connectivity index (χ3n) is 2.79. The standard InChI is InChI=1S/C14H17N3/c1-2-4-11-5-3-6-12(7-11)14(15)13-8-16-10-17-9-13/h3,5-10,14H,2,4,15H2,1H3. The van der Waals surface area contributed by atoms with Crippen LogP contribution in [-0.2, 0) is 6.42 Å². The zero-order chi connectivity index (χ0) is 12.1. The van der Waals surface area contributed by atoms with Crippen LogP contribution in [0.1, 0.15) is 36.1 Å². The molecule has 1 aromatic carbocycles. The van der Waals surface area contributed by atoms with Gasteiger partial charge < -0.3 is 5.73 Å². The molecule has 0 bridgehead atoms. The first-order valence-corrected chi connectivity index (χ1v) is 5.90. The molecule has 1 atom stereocenters. The topological polar surface area (TPSA) is 51.8 Å². The maximum atomic E-state index is 6.20. The first-order valence-electron chi connectivity index (χ1n) is 5.90. The summed E-state index contributed by atoms with van der Waals surface area (Å²) in [5.41, 5.74) is 9.59. The van der Waals surface area contributed by atoms with Crippen molar-refractivity contribution in [2.45, 2.75) is 25.8 Å². The number of aromatic nitrogens is 2. The SMILES string of the molecule is CCCc1cccc(C(N)c2cncnc2)c1. The van der Waals surface area contributed by atoms with Crippen LogP contribution in [0.2, 0.25) is 0 Å². The van der Waals surface area contributed by atoms with Crippen LogP contribution in [-0.4, -0.2) is 9.97 Å². The van der Waals surface area contributed by atoms with E-state index in [9.17, 15) is 0 Å². The van der Waals surface area contributed by atoms with E-state index in [-0.39, 0.29) is 6.04 Å². The molecule has 3 nitrogen and oxygen atoms in total. The van der Waals surface area contributed by atoms with Gasteiger partial charge in [0, 0.05) is 18.0 Å². The molecule has 0 aliphatic heterocycles. The van der Waals surface area contributed by atoms with E-state index in [4.69, 9.17) is 5.73 Å². The van der Waals surface area contributed by atoms with Gasteiger partial charge in [-0.15, -0.1) is 0 Å². The number of hydrogen-bond donors (Lipinski definition) is 1. The number of benzene rings is 1. The monoisotopic (exact) mass is 227 g/mol. The van der Waals surface area contributed by atoms with Gasteiger partial charge in [0.15, 0.2) is 0 Å². The minimum absolute atomic E-state index is 0.145. The zero-order valence-electron chi connectivity index (χ0n) is 10.0. The molecular weight excluding hydrogens is 210 g/mol. The number of nitrogens with two attached hydrogens (primary N) is 1. The summed E-state index contributed by atoms with van der Waals surface area (Å²) in [6, 6.07) is 8.27. The molecule has 1 heterocycles. The molecule has 0 radical (unpaired) electrons. The normalized spacial score (nSPS) is 12.4. The highest BCUT2D eigenvalue weighted by Crippen LogP contribution is 2.19. The van der Waals surface area contributed by atoms with Crippen molar-refractivity contribution in [1.82, 2.24) is 9.97 Å². The van der Waals surface area contributed by atoms with Gasteiger partial charge >= 0.3 is 0 Å². The second-order valence-corrected chi connectivity index (χ2v) is 4.14. The second-order valence-electron chi connectivity index (χ2n) is 4.14. The Kier molecular flexibility index (Phi) is 3.83. The molecular formula is C14H17N3. The number of hydrogen-bond acceptors (Lipinski definition) is 3. The lowest BCUT2D eigenvalue weighted by molar-refractivity contribution is 0.842. The summed E-state index contributed by atoms with van der Waals surface area (Å²) in [5, 5.41) is 0. The fourth-order valence-corrected chi connectivity index (χ4v) is 1.89. The number of aryl methyl sites for hydroxylation is 1. The number of nitrogens with zero attached hydrogens (tertiary/aromatic N) is 2. The Bertz CT molecular complexity index is 468. The lowest BCUT2D eigenvalue weighted by Gasteiger charge is -2.12. The first-order chi connectivity index (χ1) is 8.31. The van der Waals surface area contributed by atoms with Crippen molar-refractivity contribution in [3.05, 3.63) is 59.7 Å². The van der Waals surface area contributed by atoms with E-state index in [1.807, 2.05) is 0 Å². The van der Waals surface area contributed by atoms with E-state index in [0.717, 1.165) is 24.0 Å². The van der Waals surface area contributed by atoms with Gasteiger partial charge in [0.1, 0.15) is 6.33 Å². The molecule has 88 valence electrons. The second kappa shape index (κ2) is 5.55. The fourth-order valence-electron chi connectivity index (χ4n) is 1.89. The van der Waals surface area contributed by atoms with E-state index in [1.165, 1.54) is 11.9 Å². The Morgan fingerprint density at radius 2 is 1.94 bits per heavy atom.